The summed E-state index contributed by atoms with van der Waals surface area (Å²) < 4.78 is 5.61. The first-order chi connectivity index (χ1) is 9.41. The van der Waals surface area contributed by atoms with Crippen molar-refractivity contribution in [2.24, 2.45) is 5.73 Å². The molecular formula is C14H21Cl2N3O2S. The summed E-state index contributed by atoms with van der Waals surface area (Å²) in [6.07, 6.45) is 0.199. The number of carbonyl (C=O) groups is 1. The van der Waals surface area contributed by atoms with E-state index in [4.69, 9.17) is 10.2 Å². The van der Waals surface area contributed by atoms with Crippen molar-refractivity contribution in [2.75, 3.05) is 6.54 Å². The molecule has 3 N–H and O–H groups in total. The highest BCUT2D eigenvalue weighted by atomic mass is 35.5. The van der Waals surface area contributed by atoms with Gasteiger partial charge >= 0.3 is 0 Å². The Bertz CT molecular complexity index is 597. The molecule has 0 spiro atoms. The van der Waals surface area contributed by atoms with Gasteiger partial charge in [-0.1, -0.05) is 6.07 Å². The van der Waals surface area contributed by atoms with Gasteiger partial charge in [0.15, 0.2) is 0 Å². The van der Waals surface area contributed by atoms with Crippen molar-refractivity contribution >= 4 is 42.1 Å². The first-order valence-corrected chi connectivity index (χ1v) is 7.30. The third-order valence-corrected chi connectivity index (χ3v) is 3.80. The van der Waals surface area contributed by atoms with Gasteiger partial charge in [0.25, 0.3) is 0 Å². The number of hydrogen-bond acceptors (Lipinski definition) is 5. The van der Waals surface area contributed by atoms with Gasteiger partial charge in [-0.25, -0.2) is 4.98 Å². The van der Waals surface area contributed by atoms with Gasteiger partial charge in [0, 0.05) is 12.1 Å². The monoisotopic (exact) mass is 365 g/mol. The van der Waals surface area contributed by atoms with Gasteiger partial charge in [0.1, 0.15) is 5.76 Å². The normalized spacial score (nSPS) is 10.5. The third kappa shape index (κ3) is 5.28. The second kappa shape index (κ2) is 8.53. The molecule has 0 bridgehead atoms. The smallest absolute Gasteiger partial charge is 0.236 e. The van der Waals surface area contributed by atoms with Crippen LogP contribution in [0.5, 0.6) is 0 Å². The van der Waals surface area contributed by atoms with Crippen molar-refractivity contribution in [2.45, 2.75) is 32.7 Å². The first-order valence-electron chi connectivity index (χ1n) is 6.42. The van der Waals surface area contributed by atoms with Crippen molar-refractivity contribution < 1.29 is 9.21 Å². The van der Waals surface area contributed by atoms with Gasteiger partial charge in [0.05, 0.1) is 17.0 Å². The molecule has 2 aromatic heterocycles. The highest BCUT2D eigenvalue weighted by Crippen LogP contribution is 2.26. The third-order valence-electron chi connectivity index (χ3n) is 2.94. The second-order valence-corrected chi connectivity index (χ2v) is 6.26. The Hall–Kier alpha value is -1.08. The maximum atomic E-state index is 12.0. The highest BCUT2D eigenvalue weighted by Gasteiger charge is 2.21. The van der Waals surface area contributed by atoms with E-state index in [1.54, 1.807) is 11.3 Å². The molecule has 0 aromatic carbocycles. The molecule has 0 aliphatic rings. The van der Waals surface area contributed by atoms with Crippen molar-refractivity contribution in [3.05, 3.63) is 29.0 Å². The van der Waals surface area contributed by atoms with Crippen molar-refractivity contribution in [1.82, 2.24) is 10.3 Å². The number of halogens is 2. The number of rotatable bonds is 5. The molecule has 0 saturated heterocycles. The Morgan fingerprint density at radius 3 is 2.68 bits per heavy atom. The molecule has 124 valence electrons. The van der Waals surface area contributed by atoms with Crippen LogP contribution in [0.25, 0.3) is 10.8 Å². The zero-order chi connectivity index (χ0) is 14.8. The van der Waals surface area contributed by atoms with Crippen LogP contribution in [0.15, 0.2) is 21.9 Å². The molecule has 22 heavy (non-hydrogen) atoms. The number of carbonyl (C=O) groups excluding carboxylic acids is 1. The minimum absolute atomic E-state index is 0. The summed E-state index contributed by atoms with van der Waals surface area (Å²) in [4.78, 5) is 17.3. The summed E-state index contributed by atoms with van der Waals surface area (Å²) in [6.45, 7) is 5.98. The Labute approximate surface area is 146 Å². The topological polar surface area (TPSA) is 81.2 Å². The van der Waals surface area contributed by atoms with E-state index in [1.165, 1.54) is 0 Å². The number of hydrogen-bond donors (Lipinski definition) is 2. The average molecular weight is 366 g/mol. The fourth-order valence-corrected chi connectivity index (χ4v) is 2.37. The number of aromatic nitrogens is 1. The lowest BCUT2D eigenvalue weighted by atomic mass is 10.1. The molecule has 0 radical (unpaired) electrons. The lowest BCUT2D eigenvalue weighted by Gasteiger charge is -2.23. The van der Waals surface area contributed by atoms with Gasteiger partial charge < -0.3 is 15.5 Å². The molecule has 1 amide bonds. The van der Waals surface area contributed by atoms with E-state index < -0.39 is 5.54 Å². The Morgan fingerprint density at radius 2 is 2.14 bits per heavy atom. The van der Waals surface area contributed by atoms with Gasteiger partial charge in [-0.3, -0.25) is 4.79 Å². The van der Waals surface area contributed by atoms with Gasteiger partial charge in [-0.05, 0) is 32.2 Å². The van der Waals surface area contributed by atoms with E-state index in [2.05, 4.69) is 10.3 Å². The Balaban J connectivity index is 0.00000220. The molecule has 2 rings (SSSR count). The summed E-state index contributed by atoms with van der Waals surface area (Å²) in [5.74, 6) is 1.14. The van der Waals surface area contributed by atoms with E-state index in [0.29, 0.717) is 23.9 Å². The minimum atomic E-state index is -0.411. The van der Waals surface area contributed by atoms with E-state index >= 15 is 0 Å². The van der Waals surface area contributed by atoms with Crippen LogP contribution in [0.1, 0.15) is 25.3 Å². The fraction of sp³-hybridized carbons (Fsp3) is 0.429. The standard InChI is InChI=1S/C14H19N3O2S.2ClH/c1-9-10(7-12(18)17-14(2,3)8-15)16-13(19-9)11-5-4-6-20-11;;/h4-6H,7-8,15H2,1-3H3,(H,17,18);2*1H. The van der Waals surface area contributed by atoms with Crippen LogP contribution in [0.4, 0.5) is 0 Å². The number of oxazole rings is 1. The summed E-state index contributed by atoms with van der Waals surface area (Å²) in [6, 6.07) is 3.88. The molecule has 5 nitrogen and oxygen atoms in total. The fourth-order valence-electron chi connectivity index (χ4n) is 1.72. The van der Waals surface area contributed by atoms with Crippen LogP contribution < -0.4 is 11.1 Å². The van der Waals surface area contributed by atoms with Crippen molar-refractivity contribution in [3.8, 4) is 10.8 Å². The van der Waals surface area contributed by atoms with E-state index in [-0.39, 0.29) is 37.1 Å². The SMILES string of the molecule is Cc1oc(-c2cccs2)nc1CC(=O)NC(C)(C)CN.Cl.Cl. The predicted molar refractivity (Wildman–Crippen MR) is 94.0 cm³/mol. The number of nitrogens with zero attached hydrogens (tertiary/aromatic N) is 1. The minimum Gasteiger partial charge on any atom is -0.440 e. The van der Waals surface area contributed by atoms with E-state index in [9.17, 15) is 4.79 Å². The van der Waals surface area contributed by atoms with Crippen LogP contribution in [0.3, 0.4) is 0 Å². The lowest BCUT2D eigenvalue weighted by Crippen LogP contribution is -2.49. The quantitative estimate of drug-likeness (QED) is 0.853. The van der Waals surface area contributed by atoms with Crippen LogP contribution in [0, 0.1) is 6.92 Å². The highest BCUT2D eigenvalue weighted by molar-refractivity contribution is 7.13. The zero-order valence-electron chi connectivity index (χ0n) is 12.7. The maximum Gasteiger partial charge on any atom is 0.236 e. The van der Waals surface area contributed by atoms with E-state index in [0.717, 1.165) is 4.88 Å². The predicted octanol–water partition coefficient (Wildman–Crippen LogP) is 2.95. The molecule has 2 aromatic rings. The molecule has 0 unspecified atom stereocenters. The summed E-state index contributed by atoms with van der Waals surface area (Å²) in [5, 5.41) is 4.85. The number of aryl methyl sites for hydroxylation is 1. The second-order valence-electron chi connectivity index (χ2n) is 5.31. The molecule has 8 heteroatoms. The number of nitrogens with one attached hydrogen (secondary N) is 1. The summed E-state index contributed by atoms with van der Waals surface area (Å²) in [5.41, 5.74) is 5.85. The molecule has 0 aliphatic carbocycles. The first kappa shape index (κ1) is 20.9. The zero-order valence-corrected chi connectivity index (χ0v) is 15.2. The van der Waals surface area contributed by atoms with Crippen molar-refractivity contribution in [1.29, 1.82) is 0 Å². The van der Waals surface area contributed by atoms with Crippen LogP contribution in [0.2, 0.25) is 0 Å². The molecule has 2 heterocycles. The van der Waals surface area contributed by atoms with Crippen LogP contribution in [-0.2, 0) is 11.2 Å². The molecule has 0 aliphatic heterocycles. The molecule has 0 fully saturated rings. The number of nitrogens with two attached hydrogens (primary N) is 1. The summed E-state index contributed by atoms with van der Waals surface area (Å²) >= 11 is 1.56. The average Bonchev–Trinajstić information content (AvgIpc) is 2.99. The number of thiophene rings is 1. The molecule has 0 saturated carbocycles. The Kier molecular flexibility index (Phi) is 8.11. The van der Waals surface area contributed by atoms with Gasteiger partial charge in [-0.15, -0.1) is 36.2 Å². The van der Waals surface area contributed by atoms with Gasteiger partial charge in [-0.2, -0.15) is 0 Å². The number of amides is 1. The van der Waals surface area contributed by atoms with Gasteiger partial charge in [0.2, 0.25) is 11.8 Å². The van der Waals surface area contributed by atoms with Crippen molar-refractivity contribution in [3.63, 3.8) is 0 Å². The van der Waals surface area contributed by atoms with E-state index in [1.807, 2.05) is 38.3 Å². The Morgan fingerprint density at radius 1 is 1.45 bits per heavy atom. The lowest BCUT2D eigenvalue weighted by molar-refractivity contribution is -0.122. The molecular weight excluding hydrogens is 345 g/mol. The van der Waals surface area contributed by atoms with Crippen LogP contribution in [-0.4, -0.2) is 23.0 Å². The molecule has 0 atom stereocenters. The maximum absolute atomic E-state index is 12.0. The largest absolute Gasteiger partial charge is 0.440 e. The van der Waals surface area contributed by atoms with Crippen LogP contribution >= 0.6 is 36.2 Å². The summed E-state index contributed by atoms with van der Waals surface area (Å²) in [7, 11) is 0.